The Morgan fingerprint density at radius 2 is 0.967 bits per heavy atom. The molecule has 6 heterocycles. The van der Waals surface area contributed by atoms with Gasteiger partial charge in [0.1, 0.15) is 12.2 Å². The first kappa shape index (κ1) is 45.8. The first-order chi connectivity index (χ1) is 28.9. The average Bonchev–Trinajstić information content (AvgIpc) is 3.17. The summed E-state index contributed by atoms with van der Waals surface area (Å²) in [6, 6.07) is 0.281. The van der Waals surface area contributed by atoms with E-state index in [4.69, 9.17) is 18.9 Å². The molecule has 6 rings (SSSR count). The summed E-state index contributed by atoms with van der Waals surface area (Å²) in [7, 11) is 0. The number of carbonyl (C=O) groups excluding carboxylic acids is 2. The minimum absolute atomic E-state index is 0.0705. The van der Waals surface area contributed by atoms with Crippen LogP contribution < -0.4 is 36.1 Å². The van der Waals surface area contributed by atoms with Crippen molar-refractivity contribution in [1.82, 2.24) is 55.7 Å². The minimum Gasteiger partial charge on any atom is -0.460 e. The highest BCUT2D eigenvalue weighted by Crippen LogP contribution is 2.32. The molecule has 21 heteroatoms. The quantitative estimate of drug-likeness (QED) is 0.119. The van der Waals surface area contributed by atoms with Crippen LogP contribution in [0, 0.1) is 0 Å². The number of hydrogen-bond acceptors (Lipinski definition) is 19. The lowest BCUT2D eigenvalue weighted by atomic mass is 9.81. The topological polar surface area (TPSA) is 240 Å². The van der Waals surface area contributed by atoms with Crippen LogP contribution in [-0.2, 0) is 19.1 Å². The molecule has 4 aliphatic rings. The molecular weight excluding hydrogens is 787 g/mol. The van der Waals surface area contributed by atoms with E-state index in [0.717, 1.165) is 25.7 Å². The van der Waals surface area contributed by atoms with Gasteiger partial charge in [0, 0.05) is 100 Å². The predicted molar refractivity (Wildman–Crippen MR) is 230 cm³/mol. The summed E-state index contributed by atoms with van der Waals surface area (Å²) in [4.78, 5) is 64.5. The van der Waals surface area contributed by atoms with Crippen molar-refractivity contribution in [3.05, 3.63) is 0 Å². The second-order valence-electron chi connectivity index (χ2n) is 18.6. The van der Waals surface area contributed by atoms with Gasteiger partial charge in [-0.3, -0.25) is 9.59 Å². The molecule has 61 heavy (non-hydrogen) atoms. The largest absolute Gasteiger partial charge is 0.460 e. The number of nitrogens with zero attached hydrogens (tertiary/aromatic N) is 10. The fraction of sp³-hybridized carbons (Fsp3) is 0.750. The number of piperidine rings is 2. The number of carbonyl (C=O) groups is 2. The molecule has 0 unspecified atom stereocenters. The summed E-state index contributed by atoms with van der Waals surface area (Å²) in [5, 5.41) is 17.2. The summed E-state index contributed by atoms with van der Waals surface area (Å²) < 4.78 is 23.4. The van der Waals surface area contributed by atoms with Crippen LogP contribution in [0.2, 0.25) is 0 Å². The van der Waals surface area contributed by atoms with E-state index in [9.17, 15) is 9.59 Å². The Balaban J connectivity index is 1.05. The molecule has 0 bridgehead atoms. The SMILES string of the molecule is CC1(C)CC(Oc2nc(/N=C/C(=O)N3CCOCC3)nc(NCCNCCNc3nc(/N=C/C(=O)N4CCOCC4)nc(OC4CC(C)(C)NC(C)(C)C4)n3)n2)CC(C)(C)N1. The highest BCUT2D eigenvalue weighted by Gasteiger charge is 2.40. The summed E-state index contributed by atoms with van der Waals surface area (Å²) in [5.41, 5.74) is -0.580. The number of aromatic nitrogens is 6. The van der Waals surface area contributed by atoms with Crippen LogP contribution in [0.4, 0.5) is 23.8 Å². The van der Waals surface area contributed by atoms with Crippen molar-refractivity contribution >= 4 is 48.0 Å². The van der Waals surface area contributed by atoms with Gasteiger partial charge in [-0.25, -0.2) is 9.98 Å². The Morgan fingerprint density at radius 3 is 1.33 bits per heavy atom. The monoisotopic (exact) mass is 852 g/mol. The first-order valence-corrected chi connectivity index (χ1v) is 21.3. The van der Waals surface area contributed by atoms with Gasteiger partial charge in [-0.05, 0) is 55.4 Å². The second-order valence-corrected chi connectivity index (χ2v) is 18.6. The van der Waals surface area contributed by atoms with E-state index in [1.165, 1.54) is 12.4 Å². The molecule has 0 aliphatic carbocycles. The van der Waals surface area contributed by atoms with Crippen LogP contribution in [0.25, 0.3) is 0 Å². The third kappa shape index (κ3) is 14.7. The third-order valence-electron chi connectivity index (χ3n) is 10.5. The van der Waals surface area contributed by atoms with Crippen LogP contribution in [-0.4, -0.2) is 177 Å². The van der Waals surface area contributed by atoms with Gasteiger partial charge < -0.3 is 55.3 Å². The van der Waals surface area contributed by atoms with Gasteiger partial charge >= 0.3 is 12.0 Å². The first-order valence-electron chi connectivity index (χ1n) is 21.3. The highest BCUT2D eigenvalue weighted by atomic mass is 16.5. The van der Waals surface area contributed by atoms with Gasteiger partial charge in [0.05, 0.1) is 38.9 Å². The summed E-state index contributed by atoms with van der Waals surface area (Å²) in [6.07, 6.45) is 5.22. The number of morpholine rings is 2. The molecule has 0 spiro atoms. The maximum absolute atomic E-state index is 12.8. The van der Waals surface area contributed by atoms with E-state index in [1.54, 1.807) is 9.80 Å². The summed E-state index contributed by atoms with van der Waals surface area (Å²) in [5.74, 6) is 0.226. The fourth-order valence-electron chi connectivity index (χ4n) is 8.60. The number of amides is 2. The van der Waals surface area contributed by atoms with E-state index in [-0.39, 0.29) is 82.0 Å². The number of rotatable bonds is 16. The van der Waals surface area contributed by atoms with E-state index in [1.807, 2.05) is 0 Å². The van der Waals surface area contributed by atoms with Gasteiger partial charge in [-0.15, -0.1) is 0 Å². The average molecular weight is 852 g/mol. The highest BCUT2D eigenvalue weighted by molar-refractivity contribution is 6.27. The zero-order valence-corrected chi connectivity index (χ0v) is 37.0. The van der Waals surface area contributed by atoms with Crippen LogP contribution in [0.5, 0.6) is 12.0 Å². The Hall–Kier alpha value is -4.70. The molecule has 4 fully saturated rings. The molecule has 2 aromatic rings. The van der Waals surface area contributed by atoms with Crippen molar-refractivity contribution < 1.29 is 28.5 Å². The Labute approximate surface area is 358 Å². The molecule has 0 radical (unpaired) electrons. The van der Waals surface area contributed by atoms with Crippen molar-refractivity contribution in [3.8, 4) is 12.0 Å². The van der Waals surface area contributed by atoms with E-state index >= 15 is 0 Å². The van der Waals surface area contributed by atoms with E-state index in [0.29, 0.717) is 78.8 Å². The lowest BCUT2D eigenvalue weighted by molar-refractivity contribution is -0.128. The Morgan fingerprint density at radius 1 is 0.607 bits per heavy atom. The summed E-state index contributed by atoms with van der Waals surface area (Å²) >= 11 is 0. The van der Waals surface area contributed by atoms with E-state index < -0.39 is 0 Å². The third-order valence-corrected chi connectivity index (χ3v) is 10.5. The predicted octanol–water partition coefficient (Wildman–Crippen LogP) is 1.67. The van der Waals surface area contributed by atoms with Crippen molar-refractivity contribution in [1.29, 1.82) is 0 Å². The Bertz CT molecular complexity index is 1700. The standard InChI is InChI=1S/C40H65N15O6/c1-37(2)21-27(22-38(3,4)52-37)60-35-48-31(46-33(50-35)44-25-29(56)54-13-17-58-18-14-54)42-11-9-41-10-12-43-32-47-34(45-26-30(57)55-15-19-59-20-16-55)51-36(49-32)61-28-23-39(5,6)53-40(7,8)24-28/h25-28,41,52-53H,9-24H2,1-8H3,(H,42,46,48,50)(H,43,47,49,51)/b44-25+,45-26+. The van der Waals surface area contributed by atoms with Gasteiger partial charge in [0.25, 0.3) is 23.7 Å². The van der Waals surface area contributed by atoms with Crippen molar-refractivity contribution in [2.75, 3.05) is 89.4 Å². The van der Waals surface area contributed by atoms with Crippen molar-refractivity contribution in [2.24, 2.45) is 9.98 Å². The van der Waals surface area contributed by atoms with Crippen LogP contribution in [0.1, 0.15) is 81.1 Å². The number of anilines is 2. The zero-order chi connectivity index (χ0) is 43.7. The molecule has 4 aliphatic heterocycles. The lowest BCUT2D eigenvalue weighted by Gasteiger charge is -2.45. The normalized spacial score (nSPS) is 21.7. The second kappa shape index (κ2) is 20.0. The summed E-state index contributed by atoms with van der Waals surface area (Å²) in [6.45, 7) is 23.2. The van der Waals surface area contributed by atoms with Gasteiger partial charge in [0.2, 0.25) is 11.9 Å². The van der Waals surface area contributed by atoms with Gasteiger partial charge in [-0.1, -0.05) is 0 Å². The Kier molecular flexibility index (Phi) is 15.0. The molecule has 0 saturated carbocycles. The fourth-order valence-corrected chi connectivity index (χ4v) is 8.60. The molecule has 21 nitrogen and oxygen atoms in total. The molecule has 2 aromatic heterocycles. The van der Waals surface area contributed by atoms with Crippen LogP contribution >= 0.6 is 0 Å². The molecule has 0 atom stereocenters. The number of ether oxygens (including phenoxy) is 4. The van der Waals surface area contributed by atoms with Crippen molar-refractivity contribution in [2.45, 2.75) is 115 Å². The van der Waals surface area contributed by atoms with Crippen LogP contribution in [0.3, 0.4) is 0 Å². The molecule has 0 aromatic carbocycles. The lowest BCUT2D eigenvalue weighted by Crippen LogP contribution is -2.60. The zero-order valence-electron chi connectivity index (χ0n) is 37.0. The number of nitrogens with one attached hydrogen (secondary N) is 5. The maximum atomic E-state index is 12.8. The number of hydrogen-bond donors (Lipinski definition) is 5. The molecular formula is C40H65N15O6. The molecule has 336 valence electrons. The van der Waals surface area contributed by atoms with Gasteiger partial charge in [-0.2, -0.15) is 29.9 Å². The minimum atomic E-state index is -0.237. The van der Waals surface area contributed by atoms with E-state index in [2.05, 4.69) is 122 Å². The molecule has 2 amide bonds. The smallest absolute Gasteiger partial charge is 0.323 e. The van der Waals surface area contributed by atoms with Crippen molar-refractivity contribution in [3.63, 3.8) is 0 Å². The molecule has 5 N–H and O–H groups in total. The molecule has 4 saturated heterocycles. The van der Waals surface area contributed by atoms with Crippen LogP contribution in [0.15, 0.2) is 9.98 Å². The maximum Gasteiger partial charge on any atom is 0.323 e. The van der Waals surface area contributed by atoms with Gasteiger partial charge in [0.15, 0.2) is 0 Å². The number of aliphatic imine (C=N–C) groups is 2.